The van der Waals surface area contributed by atoms with Gasteiger partial charge in [0.25, 0.3) is 5.91 Å². The molecule has 0 aliphatic heterocycles. The third-order valence-corrected chi connectivity index (χ3v) is 3.09. The highest BCUT2D eigenvalue weighted by atomic mass is 19.4. The lowest BCUT2D eigenvalue weighted by molar-refractivity contribution is -0.123. The van der Waals surface area contributed by atoms with E-state index in [0.29, 0.717) is 10.9 Å². The van der Waals surface area contributed by atoms with E-state index in [1.807, 2.05) is 32.2 Å². The first-order chi connectivity index (χ1) is 9.58. The zero-order chi connectivity index (χ0) is 15.8. The summed E-state index contributed by atoms with van der Waals surface area (Å²) in [6.07, 6.45) is -4.45. The van der Waals surface area contributed by atoms with Gasteiger partial charge in [-0.1, -0.05) is 26.8 Å². The summed E-state index contributed by atoms with van der Waals surface area (Å²) in [5, 5.41) is 8.81. The van der Waals surface area contributed by atoms with Crippen LogP contribution in [0.15, 0.2) is 18.2 Å². The molecule has 1 heterocycles. The first-order valence-electron chi connectivity index (χ1n) is 6.41. The van der Waals surface area contributed by atoms with Gasteiger partial charge in [-0.05, 0) is 23.1 Å². The molecule has 0 radical (unpaired) electrons. The van der Waals surface area contributed by atoms with Crippen LogP contribution in [0.1, 0.15) is 36.8 Å². The molecule has 2 aromatic rings. The van der Waals surface area contributed by atoms with Gasteiger partial charge in [-0.15, -0.1) is 0 Å². The number of amides is 1. The number of alkyl halides is 3. The van der Waals surface area contributed by atoms with Crippen LogP contribution in [0.5, 0.6) is 0 Å². The van der Waals surface area contributed by atoms with Crippen molar-refractivity contribution in [2.75, 3.05) is 6.54 Å². The molecule has 0 aliphatic rings. The van der Waals surface area contributed by atoms with Gasteiger partial charge in [0, 0.05) is 5.39 Å². The van der Waals surface area contributed by atoms with Gasteiger partial charge in [-0.25, -0.2) is 0 Å². The average molecular weight is 299 g/mol. The monoisotopic (exact) mass is 299 g/mol. The molecule has 7 heteroatoms. The number of carbonyl (C=O) groups is 1. The molecule has 114 valence electrons. The van der Waals surface area contributed by atoms with Crippen molar-refractivity contribution in [3.63, 3.8) is 0 Å². The van der Waals surface area contributed by atoms with E-state index in [1.54, 1.807) is 12.1 Å². The SMILES string of the molecule is CC(C)(C)c1ccc2[nH]nc(C(=O)NCC(F)(F)F)c2c1. The van der Waals surface area contributed by atoms with Crippen molar-refractivity contribution in [2.45, 2.75) is 32.4 Å². The highest BCUT2D eigenvalue weighted by Gasteiger charge is 2.29. The lowest BCUT2D eigenvalue weighted by Gasteiger charge is -2.18. The fraction of sp³-hybridized carbons (Fsp3) is 0.429. The third kappa shape index (κ3) is 3.53. The predicted octanol–water partition coefficient (Wildman–Crippen LogP) is 3.15. The number of benzene rings is 1. The van der Waals surface area contributed by atoms with Crippen LogP contribution >= 0.6 is 0 Å². The fourth-order valence-electron chi connectivity index (χ4n) is 1.92. The second kappa shape index (κ2) is 5.05. The predicted molar refractivity (Wildman–Crippen MR) is 73.2 cm³/mol. The molecule has 0 atom stereocenters. The van der Waals surface area contributed by atoms with Crippen molar-refractivity contribution >= 4 is 16.8 Å². The molecule has 1 amide bonds. The molecular formula is C14H16F3N3O. The van der Waals surface area contributed by atoms with Gasteiger partial charge in [0.05, 0.1) is 5.52 Å². The van der Waals surface area contributed by atoms with Crippen molar-refractivity contribution in [1.29, 1.82) is 0 Å². The van der Waals surface area contributed by atoms with E-state index >= 15 is 0 Å². The van der Waals surface area contributed by atoms with Crippen LogP contribution < -0.4 is 5.32 Å². The van der Waals surface area contributed by atoms with Crippen LogP contribution in [0.3, 0.4) is 0 Å². The van der Waals surface area contributed by atoms with Crippen molar-refractivity contribution in [3.05, 3.63) is 29.5 Å². The molecule has 0 saturated carbocycles. The van der Waals surface area contributed by atoms with Gasteiger partial charge in [-0.3, -0.25) is 9.89 Å². The third-order valence-electron chi connectivity index (χ3n) is 3.09. The minimum absolute atomic E-state index is 0.0275. The average Bonchev–Trinajstić information content (AvgIpc) is 2.76. The number of halogens is 3. The summed E-state index contributed by atoms with van der Waals surface area (Å²) < 4.78 is 36.4. The molecule has 0 bridgehead atoms. The van der Waals surface area contributed by atoms with Gasteiger partial charge < -0.3 is 5.32 Å². The van der Waals surface area contributed by atoms with Crippen molar-refractivity contribution in [1.82, 2.24) is 15.5 Å². The van der Waals surface area contributed by atoms with E-state index in [9.17, 15) is 18.0 Å². The Labute approximate surface area is 119 Å². The van der Waals surface area contributed by atoms with Gasteiger partial charge in [-0.2, -0.15) is 18.3 Å². The largest absolute Gasteiger partial charge is 0.405 e. The fourth-order valence-corrected chi connectivity index (χ4v) is 1.92. The maximum atomic E-state index is 12.1. The summed E-state index contributed by atoms with van der Waals surface area (Å²) in [5.41, 5.74) is 1.42. The lowest BCUT2D eigenvalue weighted by Crippen LogP contribution is -2.34. The van der Waals surface area contributed by atoms with Crippen LogP contribution in [0, 0.1) is 0 Å². The lowest BCUT2D eigenvalue weighted by atomic mass is 9.86. The number of nitrogens with zero attached hydrogens (tertiary/aromatic N) is 1. The molecule has 1 aromatic carbocycles. The van der Waals surface area contributed by atoms with E-state index in [-0.39, 0.29) is 11.1 Å². The second-order valence-electron chi connectivity index (χ2n) is 5.88. The molecule has 0 fully saturated rings. The Morgan fingerprint density at radius 1 is 1.29 bits per heavy atom. The topological polar surface area (TPSA) is 57.8 Å². The highest BCUT2D eigenvalue weighted by Crippen LogP contribution is 2.26. The van der Waals surface area contributed by atoms with Crippen LogP contribution in [0.4, 0.5) is 13.2 Å². The summed E-state index contributed by atoms with van der Waals surface area (Å²) in [5.74, 6) is -0.843. The minimum Gasteiger partial charge on any atom is -0.342 e. The molecule has 0 unspecified atom stereocenters. The quantitative estimate of drug-likeness (QED) is 0.895. The van der Waals surface area contributed by atoms with Crippen molar-refractivity contribution in [3.8, 4) is 0 Å². The van der Waals surface area contributed by atoms with E-state index in [4.69, 9.17) is 0 Å². The number of hydrogen-bond donors (Lipinski definition) is 2. The van der Waals surface area contributed by atoms with E-state index in [2.05, 4.69) is 10.2 Å². The Hall–Kier alpha value is -2.05. The standard InChI is InChI=1S/C14H16F3N3O/c1-13(2,3)8-4-5-10-9(6-8)11(20-19-10)12(21)18-7-14(15,16)17/h4-6H,7H2,1-3H3,(H,18,21)(H,19,20). The number of aromatic nitrogens is 2. The Balaban J connectivity index is 2.34. The number of H-pyrrole nitrogens is 1. The highest BCUT2D eigenvalue weighted by molar-refractivity contribution is 6.04. The molecule has 0 saturated heterocycles. The van der Waals surface area contributed by atoms with Crippen LogP contribution in [0.2, 0.25) is 0 Å². The zero-order valence-electron chi connectivity index (χ0n) is 11.9. The number of fused-ring (bicyclic) bond motifs is 1. The Morgan fingerprint density at radius 3 is 2.52 bits per heavy atom. The van der Waals surface area contributed by atoms with E-state index in [1.165, 1.54) is 0 Å². The zero-order valence-corrected chi connectivity index (χ0v) is 11.9. The first-order valence-corrected chi connectivity index (χ1v) is 6.41. The van der Waals surface area contributed by atoms with Gasteiger partial charge in [0.2, 0.25) is 0 Å². The number of aromatic amines is 1. The summed E-state index contributed by atoms with van der Waals surface area (Å²) in [6.45, 7) is 4.66. The number of nitrogens with one attached hydrogen (secondary N) is 2. The van der Waals surface area contributed by atoms with Gasteiger partial charge in [0.1, 0.15) is 6.54 Å². The van der Waals surface area contributed by atoms with E-state index in [0.717, 1.165) is 5.56 Å². The first kappa shape index (κ1) is 15.3. The van der Waals surface area contributed by atoms with Crippen molar-refractivity contribution in [2.24, 2.45) is 0 Å². The van der Waals surface area contributed by atoms with E-state index < -0.39 is 18.6 Å². The van der Waals surface area contributed by atoms with Gasteiger partial charge >= 0.3 is 6.18 Å². The van der Waals surface area contributed by atoms with Gasteiger partial charge in [0.15, 0.2) is 5.69 Å². The number of hydrogen-bond acceptors (Lipinski definition) is 2. The maximum absolute atomic E-state index is 12.1. The Bertz CT molecular complexity index is 668. The second-order valence-corrected chi connectivity index (χ2v) is 5.88. The number of carbonyl (C=O) groups excluding carboxylic acids is 1. The Kier molecular flexibility index (Phi) is 3.69. The molecule has 21 heavy (non-hydrogen) atoms. The summed E-state index contributed by atoms with van der Waals surface area (Å²) in [4.78, 5) is 11.8. The van der Waals surface area contributed by atoms with Crippen LogP contribution in [-0.2, 0) is 5.41 Å². The molecule has 4 nitrogen and oxygen atoms in total. The summed E-state index contributed by atoms with van der Waals surface area (Å²) in [7, 11) is 0. The molecule has 0 aliphatic carbocycles. The summed E-state index contributed by atoms with van der Waals surface area (Å²) >= 11 is 0. The normalized spacial score (nSPS) is 12.7. The molecule has 2 rings (SSSR count). The minimum atomic E-state index is -4.45. The van der Waals surface area contributed by atoms with Crippen LogP contribution in [-0.4, -0.2) is 28.8 Å². The smallest absolute Gasteiger partial charge is 0.342 e. The molecule has 1 aromatic heterocycles. The molecule has 2 N–H and O–H groups in total. The number of rotatable bonds is 2. The van der Waals surface area contributed by atoms with Crippen LogP contribution in [0.25, 0.3) is 10.9 Å². The molecule has 0 spiro atoms. The molecular weight excluding hydrogens is 283 g/mol. The summed E-state index contributed by atoms with van der Waals surface area (Å²) in [6, 6.07) is 5.45. The maximum Gasteiger partial charge on any atom is 0.405 e. The van der Waals surface area contributed by atoms with Crippen molar-refractivity contribution < 1.29 is 18.0 Å². The Morgan fingerprint density at radius 2 is 1.95 bits per heavy atom.